The number of aromatic nitrogens is 2. The number of ether oxygens (including phenoxy) is 2. The lowest BCUT2D eigenvalue weighted by Gasteiger charge is -2.06. The Morgan fingerprint density at radius 1 is 1.27 bits per heavy atom. The zero-order valence-corrected chi connectivity index (χ0v) is 15.4. The van der Waals surface area contributed by atoms with Crippen LogP contribution < -0.4 is 5.32 Å². The smallest absolute Gasteiger partial charge is 0.380 e. The number of nitrogens with zero attached hydrogens (tertiary/aromatic N) is 2. The lowest BCUT2D eigenvalue weighted by atomic mass is 10.1. The van der Waals surface area contributed by atoms with Gasteiger partial charge < -0.3 is 14.8 Å². The van der Waals surface area contributed by atoms with E-state index >= 15 is 0 Å². The quantitative estimate of drug-likeness (QED) is 0.456. The van der Waals surface area contributed by atoms with Crippen molar-refractivity contribution in [1.82, 2.24) is 9.78 Å². The summed E-state index contributed by atoms with van der Waals surface area (Å²) in [5.41, 5.74) is 1.32. The van der Waals surface area contributed by atoms with Crippen LogP contribution in [0.2, 0.25) is 0 Å². The summed E-state index contributed by atoms with van der Waals surface area (Å²) >= 11 is 1.10. The van der Waals surface area contributed by atoms with Gasteiger partial charge in [0.1, 0.15) is 4.88 Å². The largest absolute Gasteiger partial charge is 0.465 e. The molecule has 2 heterocycles. The number of amides is 1. The van der Waals surface area contributed by atoms with Crippen molar-refractivity contribution in [2.75, 3.05) is 19.0 Å². The second kappa shape index (κ2) is 7.91. The molecule has 0 fully saturated rings. The standard InChI is InChI=1S/C16H17N3O6S/c1-8-12(9(2)19(3)18-8)13(21)15(22)25-7-11(20)17-10-5-6-26-14(10)16(23)24-4/h5-6H,7H2,1-4H3,(H,17,20). The summed E-state index contributed by atoms with van der Waals surface area (Å²) in [5, 5.41) is 8.09. The molecule has 138 valence electrons. The zero-order chi connectivity index (χ0) is 19.4. The SMILES string of the molecule is COC(=O)c1sccc1NC(=O)COC(=O)C(=O)c1c(C)nn(C)c1C. The fourth-order valence-electron chi connectivity index (χ4n) is 2.25. The molecule has 0 unspecified atom stereocenters. The number of methoxy groups -OCH3 is 1. The van der Waals surface area contributed by atoms with Gasteiger partial charge in [0.15, 0.2) is 6.61 Å². The van der Waals surface area contributed by atoms with Crippen LogP contribution in [-0.4, -0.2) is 47.1 Å². The maximum Gasteiger partial charge on any atom is 0.380 e. The number of nitrogens with one attached hydrogen (secondary N) is 1. The maximum absolute atomic E-state index is 12.2. The zero-order valence-electron chi connectivity index (χ0n) is 14.6. The molecule has 1 amide bonds. The molecule has 10 heteroatoms. The topological polar surface area (TPSA) is 117 Å². The number of thiophene rings is 1. The monoisotopic (exact) mass is 379 g/mol. The van der Waals surface area contributed by atoms with Crippen LogP contribution in [0.25, 0.3) is 0 Å². The molecule has 0 aliphatic rings. The number of hydrogen-bond acceptors (Lipinski definition) is 8. The summed E-state index contributed by atoms with van der Waals surface area (Å²) in [6, 6.07) is 1.52. The minimum atomic E-state index is -1.15. The molecule has 0 saturated heterocycles. The molecule has 0 atom stereocenters. The molecule has 2 aromatic rings. The highest BCUT2D eigenvalue weighted by molar-refractivity contribution is 7.12. The average molecular weight is 379 g/mol. The minimum absolute atomic E-state index is 0.156. The molecule has 0 aromatic carbocycles. The van der Waals surface area contributed by atoms with Crippen LogP contribution in [0.3, 0.4) is 0 Å². The van der Waals surface area contributed by atoms with Crippen LogP contribution in [0.1, 0.15) is 31.4 Å². The summed E-state index contributed by atoms with van der Waals surface area (Å²) in [6.45, 7) is 2.59. The number of carbonyl (C=O) groups is 4. The second-order valence-corrected chi connectivity index (χ2v) is 6.19. The van der Waals surface area contributed by atoms with Gasteiger partial charge in [-0.2, -0.15) is 5.10 Å². The van der Waals surface area contributed by atoms with Crippen molar-refractivity contribution in [3.8, 4) is 0 Å². The van der Waals surface area contributed by atoms with Crippen LogP contribution in [0.4, 0.5) is 5.69 Å². The van der Waals surface area contributed by atoms with Crippen LogP contribution in [-0.2, 0) is 26.1 Å². The number of anilines is 1. The van der Waals surface area contributed by atoms with Crippen molar-refractivity contribution in [1.29, 1.82) is 0 Å². The number of aryl methyl sites for hydroxylation is 2. The minimum Gasteiger partial charge on any atom is -0.465 e. The normalized spacial score (nSPS) is 10.3. The molecular weight excluding hydrogens is 362 g/mol. The third kappa shape index (κ3) is 3.97. The van der Waals surface area contributed by atoms with E-state index in [2.05, 4.69) is 15.2 Å². The van der Waals surface area contributed by atoms with E-state index in [-0.39, 0.29) is 16.1 Å². The van der Waals surface area contributed by atoms with Gasteiger partial charge in [-0.3, -0.25) is 14.3 Å². The summed E-state index contributed by atoms with van der Waals surface area (Å²) < 4.78 is 10.8. The average Bonchev–Trinajstić information content (AvgIpc) is 3.15. The van der Waals surface area contributed by atoms with Gasteiger partial charge in [0.25, 0.3) is 11.7 Å². The van der Waals surface area contributed by atoms with Gasteiger partial charge in [-0.25, -0.2) is 9.59 Å². The van der Waals surface area contributed by atoms with Gasteiger partial charge in [-0.15, -0.1) is 11.3 Å². The molecule has 9 nitrogen and oxygen atoms in total. The third-order valence-electron chi connectivity index (χ3n) is 3.57. The summed E-state index contributed by atoms with van der Waals surface area (Å²) in [7, 11) is 2.88. The molecule has 0 radical (unpaired) electrons. The molecule has 1 N–H and O–H groups in total. The number of rotatable bonds is 6. The molecule has 0 saturated carbocycles. The first kappa shape index (κ1) is 19.3. The Morgan fingerprint density at radius 3 is 2.54 bits per heavy atom. The van der Waals surface area contributed by atoms with Gasteiger partial charge in [0, 0.05) is 12.7 Å². The summed E-state index contributed by atoms with van der Waals surface area (Å²) in [5.74, 6) is -3.30. The van der Waals surface area contributed by atoms with Gasteiger partial charge >= 0.3 is 11.9 Å². The Morgan fingerprint density at radius 2 is 1.96 bits per heavy atom. The molecule has 26 heavy (non-hydrogen) atoms. The van der Waals surface area contributed by atoms with Gasteiger partial charge in [-0.05, 0) is 25.3 Å². The first-order valence-corrected chi connectivity index (χ1v) is 8.31. The van der Waals surface area contributed by atoms with Crippen LogP contribution in [0.15, 0.2) is 11.4 Å². The van der Waals surface area contributed by atoms with E-state index in [1.54, 1.807) is 26.3 Å². The molecule has 2 aromatic heterocycles. The Hall–Kier alpha value is -3.01. The highest BCUT2D eigenvalue weighted by atomic mass is 32.1. The number of carbonyl (C=O) groups excluding carboxylic acids is 4. The van der Waals surface area contributed by atoms with Crippen molar-refractivity contribution >= 4 is 40.7 Å². The van der Waals surface area contributed by atoms with Gasteiger partial charge in [0.05, 0.1) is 24.1 Å². The lowest BCUT2D eigenvalue weighted by Crippen LogP contribution is -2.26. The predicted octanol–water partition coefficient (Wildman–Crippen LogP) is 1.25. The number of esters is 2. The molecule has 2 rings (SSSR count). The van der Waals surface area contributed by atoms with E-state index in [0.29, 0.717) is 11.4 Å². The van der Waals surface area contributed by atoms with Crippen molar-refractivity contribution in [3.05, 3.63) is 33.3 Å². The van der Waals surface area contributed by atoms with Gasteiger partial charge in [0.2, 0.25) is 0 Å². The van der Waals surface area contributed by atoms with Crippen LogP contribution in [0, 0.1) is 13.8 Å². The Labute approximate surface area is 152 Å². The summed E-state index contributed by atoms with van der Waals surface area (Å²) in [6.07, 6.45) is 0. The predicted molar refractivity (Wildman–Crippen MR) is 92.3 cm³/mol. The Balaban J connectivity index is 1.97. The fraction of sp³-hybridized carbons (Fsp3) is 0.312. The molecule has 0 aliphatic heterocycles. The van der Waals surface area contributed by atoms with Crippen molar-refractivity contribution in [2.45, 2.75) is 13.8 Å². The van der Waals surface area contributed by atoms with Crippen molar-refractivity contribution in [3.63, 3.8) is 0 Å². The number of ketones is 1. The van der Waals surface area contributed by atoms with E-state index in [9.17, 15) is 19.2 Å². The van der Waals surface area contributed by atoms with E-state index < -0.39 is 30.2 Å². The first-order chi connectivity index (χ1) is 12.3. The Kier molecular flexibility index (Phi) is 5.88. The second-order valence-electron chi connectivity index (χ2n) is 5.28. The van der Waals surface area contributed by atoms with Crippen molar-refractivity contribution in [2.24, 2.45) is 7.05 Å². The molecular formula is C16H17N3O6S. The Bertz CT molecular complexity index is 883. The van der Waals surface area contributed by atoms with Crippen molar-refractivity contribution < 1.29 is 28.7 Å². The van der Waals surface area contributed by atoms with E-state index in [1.165, 1.54) is 17.9 Å². The lowest BCUT2D eigenvalue weighted by molar-refractivity contribution is -0.142. The highest BCUT2D eigenvalue weighted by Gasteiger charge is 2.26. The van der Waals surface area contributed by atoms with Crippen LogP contribution >= 0.6 is 11.3 Å². The molecule has 0 aliphatic carbocycles. The maximum atomic E-state index is 12.2. The van der Waals surface area contributed by atoms with Crippen LogP contribution in [0.5, 0.6) is 0 Å². The first-order valence-electron chi connectivity index (χ1n) is 7.43. The number of hydrogen-bond donors (Lipinski definition) is 1. The number of Topliss-reactive ketones (excluding diaryl/α,β-unsaturated/α-hetero) is 1. The van der Waals surface area contributed by atoms with E-state index in [4.69, 9.17) is 4.74 Å². The summed E-state index contributed by atoms with van der Waals surface area (Å²) in [4.78, 5) is 47.8. The molecule has 0 bridgehead atoms. The van der Waals surface area contributed by atoms with E-state index in [0.717, 1.165) is 11.3 Å². The fourth-order valence-corrected chi connectivity index (χ4v) is 3.01. The molecule has 0 spiro atoms. The third-order valence-corrected chi connectivity index (χ3v) is 4.46. The van der Waals surface area contributed by atoms with Gasteiger partial charge in [-0.1, -0.05) is 0 Å². The highest BCUT2D eigenvalue weighted by Crippen LogP contribution is 2.23. The van der Waals surface area contributed by atoms with E-state index in [1.807, 2.05) is 0 Å².